The van der Waals surface area contributed by atoms with E-state index in [0.29, 0.717) is 30.7 Å². The van der Waals surface area contributed by atoms with Gasteiger partial charge in [-0.05, 0) is 56.4 Å². The first-order valence-corrected chi connectivity index (χ1v) is 11.4. The van der Waals surface area contributed by atoms with E-state index >= 15 is 0 Å². The van der Waals surface area contributed by atoms with Crippen LogP contribution in [0, 0.1) is 11.8 Å². The molecule has 2 aliphatic heterocycles. The number of carbonyl (C=O) groups excluding carboxylic acids is 2. The number of rotatable bonds is 5. The van der Waals surface area contributed by atoms with Gasteiger partial charge in [0, 0.05) is 31.0 Å². The van der Waals surface area contributed by atoms with Crippen LogP contribution in [-0.4, -0.2) is 35.1 Å². The van der Waals surface area contributed by atoms with E-state index in [4.69, 9.17) is 4.74 Å². The Hall–Kier alpha value is -2.04. The molecule has 2 amide bonds. The third kappa shape index (κ3) is 4.01. The van der Waals surface area contributed by atoms with E-state index in [1.54, 1.807) is 0 Å². The van der Waals surface area contributed by atoms with Crippen molar-refractivity contribution in [1.82, 2.24) is 10.2 Å². The molecule has 1 spiro atoms. The van der Waals surface area contributed by atoms with Gasteiger partial charge in [-0.2, -0.15) is 0 Å². The summed E-state index contributed by atoms with van der Waals surface area (Å²) in [5.41, 5.74) is 1.09. The molecule has 1 aliphatic carbocycles. The first kappa shape index (κ1) is 20.2. The van der Waals surface area contributed by atoms with Crippen LogP contribution < -0.4 is 5.32 Å². The number of ether oxygens (including phenoxy) is 1. The fourth-order valence-corrected chi connectivity index (χ4v) is 6.28. The Morgan fingerprint density at radius 2 is 2.03 bits per heavy atom. The quantitative estimate of drug-likeness (QED) is 0.785. The highest BCUT2D eigenvalue weighted by Crippen LogP contribution is 2.53. The highest BCUT2D eigenvalue weighted by atomic mass is 16.6. The van der Waals surface area contributed by atoms with Crippen LogP contribution in [0.1, 0.15) is 70.3 Å². The van der Waals surface area contributed by atoms with Gasteiger partial charge >= 0.3 is 6.09 Å². The molecule has 158 valence electrons. The summed E-state index contributed by atoms with van der Waals surface area (Å²) in [4.78, 5) is 27.5. The van der Waals surface area contributed by atoms with Gasteiger partial charge < -0.3 is 15.0 Å². The molecular formula is C24H34N2O3. The van der Waals surface area contributed by atoms with Crippen molar-refractivity contribution in [3.05, 3.63) is 35.9 Å². The molecule has 2 saturated heterocycles. The van der Waals surface area contributed by atoms with Crippen molar-refractivity contribution in [2.75, 3.05) is 6.54 Å². The lowest BCUT2D eigenvalue weighted by atomic mass is 9.62. The molecule has 0 bridgehead atoms. The van der Waals surface area contributed by atoms with E-state index in [0.717, 1.165) is 63.5 Å². The first-order valence-electron chi connectivity index (χ1n) is 11.4. The van der Waals surface area contributed by atoms with Gasteiger partial charge in [0.15, 0.2) is 0 Å². The van der Waals surface area contributed by atoms with Gasteiger partial charge in [-0.1, -0.05) is 43.7 Å². The van der Waals surface area contributed by atoms with Crippen LogP contribution in [0.2, 0.25) is 0 Å². The second-order valence-electron chi connectivity index (χ2n) is 9.03. The van der Waals surface area contributed by atoms with Crippen molar-refractivity contribution in [3.63, 3.8) is 0 Å². The number of benzene rings is 1. The van der Waals surface area contributed by atoms with Crippen molar-refractivity contribution in [1.29, 1.82) is 0 Å². The van der Waals surface area contributed by atoms with Crippen molar-refractivity contribution in [2.45, 2.75) is 82.9 Å². The van der Waals surface area contributed by atoms with Crippen LogP contribution in [-0.2, 0) is 16.1 Å². The zero-order chi connectivity index (χ0) is 20.3. The van der Waals surface area contributed by atoms with Crippen molar-refractivity contribution in [3.8, 4) is 0 Å². The van der Waals surface area contributed by atoms with E-state index in [9.17, 15) is 9.59 Å². The number of hydrogen-bond acceptors (Lipinski definition) is 3. The second kappa shape index (κ2) is 8.76. The Labute approximate surface area is 174 Å². The Balaban J connectivity index is 1.46. The fraction of sp³-hybridized carbons (Fsp3) is 0.667. The van der Waals surface area contributed by atoms with Gasteiger partial charge in [0.1, 0.15) is 6.10 Å². The molecule has 0 radical (unpaired) electrons. The minimum Gasteiger partial charge on any atom is -0.446 e. The molecule has 3 aliphatic rings. The monoisotopic (exact) mass is 398 g/mol. The fourth-order valence-electron chi connectivity index (χ4n) is 6.28. The van der Waals surface area contributed by atoms with Crippen LogP contribution in [0.15, 0.2) is 30.3 Å². The molecule has 0 aromatic heterocycles. The van der Waals surface area contributed by atoms with Gasteiger partial charge in [0.25, 0.3) is 0 Å². The van der Waals surface area contributed by atoms with Crippen molar-refractivity contribution >= 4 is 12.0 Å². The molecule has 1 aromatic carbocycles. The Kier molecular flexibility index (Phi) is 6.12. The normalized spacial score (nSPS) is 31.6. The molecule has 4 atom stereocenters. The highest BCUT2D eigenvalue weighted by Gasteiger charge is 2.56. The summed E-state index contributed by atoms with van der Waals surface area (Å²) in [7, 11) is 0. The first-order chi connectivity index (χ1) is 14.1. The molecule has 1 saturated carbocycles. The van der Waals surface area contributed by atoms with E-state index in [1.165, 1.54) is 0 Å². The maximum absolute atomic E-state index is 12.7. The summed E-state index contributed by atoms with van der Waals surface area (Å²) in [6, 6.07) is 9.92. The van der Waals surface area contributed by atoms with Crippen LogP contribution in [0.4, 0.5) is 4.79 Å². The zero-order valence-corrected chi connectivity index (χ0v) is 17.6. The molecule has 29 heavy (non-hydrogen) atoms. The molecule has 3 fully saturated rings. The van der Waals surface area contributed by atoms with Gasteiger partial charge in [0.05, 0.1) is 0 Å². The van der Waals surface area contributed by atoms with Crippen LogP contribution >= 0.6 is 0 Å². The third-order valence-electron chi connectivity index (χ3n) is 7.44. The minimum atomic E-state index is -0.316. The van der Waals surface area contributed by atoms with Crippen LogP contribution in [0.25, 0.3) is 0 Å². The van der Waals surface area contributed by atoms with Gasteiger partial charge in [-0.3, -0.25) is 4.79 Å². The van der Waals surface area contributed by atoms with Crippen molar-refractivity contribution < 1.29 is 14.3 Å². The summed E-state index contributed by atoms with van der Waals surface area (Å²) < 4.78 is 5.99. The third-order valence-corrected chi connectivity index (χ3v) is 7.44. The summed E-state index contributed by atoms with van der Waals surface area (Å²) in [5, 5.41) is 2.92. The lowest BCUT2D eigenvalue weighted by Crippen LogP contribution is -2.58. The van der Waals surface area contributed by atoms with E-state index in [2.05, 4.69) is 17.1 Å². The number of nitrogens with zero attached hydrogens (tertiary/aromatic N) is 1. The molecule has 1 N–H and O–H groups in total. The second-order valence-corrected chi connectivity index (χ2v) is 9.03. The van der Waals surface area contributed by atoms with E-state index in [1.807, 2.05) is 30.3 Å². The average Bonchev–Trinajstić information content (AvgIpc) is 3.10. The largest absolute Gasteiger partial charge is 0.446 e. The summed E-state index contributed by atoms with van der Waals surface area (Å²) in [5.74, 6) is 1.15. The Bertz CT molecular complexity index is 722. The molecule has 4 rings (SSSR count). The lowest BCUT2D eigenvalue weighted by molar-refractivity contribution is -0.141. The van der Waals surface area contributed by atoms with Crippen LogP contribution in [0.3, 0.4) is 0 Å². The Morgan fingerprint density at radius 3 is 2.83 bits per heavy atom. The molecule has 2 heterocycles. The van der Waals surface area contributed by atoms with Crippen LogP contribution in [0.5, 0.6) is 0 Å². The van der Waals surface area contributed by atoms with E-state index < -0.39 is 0 Å². The number of hydrogen-bond donors (Lipinski definition) is 1. The topological polar surface area (TPSA) is 58.6 Å². The van der Waals surface area contributed by atoms with E-state index in [-0.39, 0.29) is 17.7 Å². The van der Waals surface area contributed by atoms with Crippen molar-refractivity contribution in [2.24, 2.45) is 11.8 Å². The number of nitrogens with one attached hydrogen (secondary N) is 1. The summed E-state index contributed by atoms with van der Waals surface area (Å²) >= 11 is 0. The highest BCUT2D eigenvalue weighted by molar-refractivity contribution is 5.78. The predicted molar refractivity (Wildman–Crippen MR) is 112 cm³/mol. The SMILES string of the molecule is CCC[C@H]1[C@@H](OC(=O)NCc2ccccc2)CC[C@@]23CCCN2C(=O)CCC[C@@H]13. The lowest BCUT2D eigenvalue weighted by Gasteiger charge is -2.52. The zero-order valence-electron chi connectivity index (χ0n) is 17.6. The number of amides is 2. The summed E-state index contributed by atoms with van der Waals surface area (Å²) in [6.45, 7) is 3.61. The predicted octanol–water partition coefficient (Wildman–Crippen LogP) is 4.65. The van der Waals surface area contributed by atoms with Gasteiger partial charge in [-0.15, -0.1) is 0 Å². The molecular weight excluding hydrogens is 364 g/mol. The molecule has 0 unspecified atom stereocenters. The molecule has 5 heteroatoms. The minimum absolute atomic E-state index is 0.0216. The standard InChI is InChI=1S/C24H34N2O3/c1-2-8-19-20-11-6-12-22(27)26-16-7-14-24(20,26)15-13-21(19)29-23(28)25-17-18-9-4-3-5-10-18/h3-5,9-10,19-21H,2,6-8,11-17H2,1H3,(H,25,28)/t19-,20+,21+,24-/m1/s1. The number of alkyl carbamates (subject to hydrolysis) is 1. The maximum atomic E-state index is 12.7. The maximum Gasteiger partial charge on any atom is 0.407 e. The smallest absolute Gasteiger partial charge is 0.407 e. The number of carbonyl (C=O) groups is 2. The summed E-state index contributed by atoms with van der Waals surface area (Å²) in [6.07, 6.45) is 8.58. The van der Waals surface area contributed by atoms with Gasteiger partial charge in [0.2, 0.25) is 5.91 Å². The Morgan fingerprint density at radius 1 is 1.21 bits per heavy atom. The average molecular weight is 399 g/mol. The molecule has 1 aromatic rings. The molecule has 5 nitrogen and oxygen atoms in total. The van der Waals surface area contributed by atoms with Gasteiger partial charge in [-0.25, -0.2) is 4.79 Å².